The molecule has 0 N–H and O–H groups in total. The monoisotopic (exact) mass is 259 g/mol. The SMILES string of the molecule is C(=C/c1ccccc1)/c1ccccc1.[Br-]. The quantitative estimate of drug-likeness (QED) is 0.703. The lowest BCUT2D eigenvalue weighted by Gasteiger charge is -1.92. The maximum atomic E-state index is 2.12. The van der Waals surface area contributed by atoms with Crippen molar-refractivity contribution in [2.24, 2.45) is 0 Å². The zero-order valence-electron chi connectivity index (χ0n) is 8.31. The minimum atomic E-state index is 0. The van der Waals surface area contributed by atoms with Crippen LogP contribution in [-0.4, -0.2) is 0 Å². The Bertz CT molecular complexity index is 362. The third-order valence-electron chi connectivity index (χ3n) is 2.07. The highest BCUT2D eigenvalue weighted by Gasteiger charge is 1.84. The summed E-state index contributed by atoms with van der Waals surface area (Å²) in [5, 5.41) is 0. The van der Waals surface area contributed by atoms with Crippen LogP contribution in [0.25, 0.3) is 12.2 Å². The lowest BCUT2D eigenvalue weighted by Crippen LogP contribution is -3.00. The number of halogens is 1. The Morgan fingerprint density at radius 2 is 0.867 bits per heavy atom. The molecule has 0 unspecified atom stereocenters. The summed E-state index contributed by atoms with van der Waals surface area (Å²) in [6.45, 7) is 0. The van der Waals surface area contributed by atoms with Crippen molar-refractivity contribution in [3.63, 3.8) is 0 Å². The zero-order chi connectivity index (χ0) is 9.64. The summed E-state index contributed by atoms with van der Waals surface area (Å²) >= 11 is 0. The first-order valence-electron chi connectivity index (χ1n) is 4.73. The minimum Gasteiger partial charge on any atom is -1.00 e. The first-order chi connectivity index (χ1) is 6.95. The molecule has 0 aliphatic rings. The van der Waals surface area contributed by atoms with E-state index in [1.54, 1.807) is 0 Å². The van der Waals surface area contributed by atoms with Gasteiger partial charge in [-0.15, -0.1) is 0 Å². The average Bonchev–Trinajstić information content (AvgIpc) is 2.29. The fraction of sp³-hybridized carbons (Fsp3) is 0. The van der Waals surface area contributed by atoms with Crippen molar-refractivity contribution in [3.8, 4) is 0 Å². The van der Waals surface area contributed by atoms with Crippen molar-refractivity contribution in [1.82, 2.24) is 0 Å². The van der Waals surface area contributed by atoms with Crippen molar-refractivity contribution in [1.29, 1.82) is 0 Å². The number of benzene rings is 2. The van der Waals surface area contributed by atoms with Crippen LogP contribution in [0.4, 0.5) is 0 Å². The van der Waals surface area contributed by atoms with Gasteiger partial charge in [-0.25, -0.2) is 0 Å². The molecule has 0 radical (unpaired) electrons. The Kier molecular flexibility index (Phi) is 4.85. The van der Waals surface area contributed by atoms with Gasteiger partial charge in [-0.3, -0.25) is 0 Å². The summed E-state index contributed by atoms with van der Waals surface area (Å²) in [5.41, 5.74) is 2.47. The van der Waals surface area contributed by atoms with Gasteiger partial charge in [0.2, 0.25) is 0 Å². The molecule has 0 saturated carbocycles. The van der Waals surface area contributed by atoms with Gasteiger partial charge in [0, 0.05) is 0 Å². The molecule has 0 aliphatic heterocycles. The van der Waals surface area contributed by atoms with Gasteiger partial charge in [-0.2, -0.15) is 0 Å². The fourth-order valence-electron chi connectivity index (χ4n) is 1.32. The van der Waals surface area contributed by atoms with E-state index in [0.717, 1.165) is 0 Å². The molecule has 0 saturated heterocycles. The van der Waals surface area contributed by atoms with Crippen molar-refractivity contribution in [2.45, 2.75) is 0 Å². The zero-order valence-corrected chi connectivity index (χ0v) is 9.89. The summed E-state index contributed by atoms with van der Waals surface area (Å²) in [6, 6.07) is 20.6. The van der Waals surface area contributed by atoms with E-state index in [9.17, 15) is 0 Å². The van der Waals surface area contributed by atoms with Gasteiger partial charge < -0.3 is 17.0 Å². The van der Waals surface area contributed by atoms with Crippen LogP contribution in [0.5, 0.6) is 0 Å². The van der Waals surface area contributed by atoms with Gasteiger partial charge >= 0.3 is 0 Å². The molecule has 1 heteroatoms. The first-order valence-corrected chi connectivity index (χ1v) is 4.73. The summed E-state index contributed by atoms with van der Waals surface area (Å²) in [6.07, 6.45) is 4.24. The molecule has 2 aromatic carbocycles. The second-order valence-corrected chi connectivity index (χ2v) is 3.15. The molecule has 0 bridgehead atoms. The van der Waals surface area contributed by atoms with Crippen LogP contribution in [0, 0.1) is 0 Å². The van der Waals surface area contributed by atoms with Crippen molar-refractivity contribution in [3.05, 3.63) is 71.8 Å². The fourth-order valence-corrected chi connectivity index (χ4v) is 1.32. The third-order valence-corrected chi connectivity index (χ3v) is 2.07. The van der Waals surface area contributed by atoms with Gasteiger partial charge in [0.1, 0.15) is 0 Å². The lowest BCUT2D eigenvalue weighted by atomic mass is 10.1. The largest absolute Gasteiger partial charge is 1.00 e. The highest BCUT2D eigenvalue weighted by molar-refractivity contribution is 5.69. The van der Waals surface area contributed by atoms with Crippen LogP contribution in [-0.2, 0) is 0 Å². The van der Waals surface area contributed by atoms with E-state index in [2.05, 4.69) is 36.4 Å². The van der Waals surface area contributed by atoms with Crippen LogP contribution >= 0.6 is 0 Å². The summed E-state index contributed by atoms with van der Waals surface area (Å²) in [7, 11) is 0. The normalized spacial score (nSPS) is 9.87. The molecule has 0 atom stereocenters. The molecule has 0 aromatic heterocycles. The Balaban J connectivity index is 0.00000112. The molecule has 0 heterocycles. The Morgan fingerprint density at radius 1 is 0.533 bits per heavy atom. The minimum absolute atomic E-state index is 0. The molecule has 0 nitrogen and oxygen atoms in total. The summed E-state index contributed by atoms with van der Waals surface area (Å²) in [5.74, 6) is 0. The second-order valence-electron chi connectivity index (χ2n) is 3.15. The van der Waals surface area contributed by atoms with Crippen LogP contribution in [0.15, 0.2) is 60.7 Å². The summed E-state index contributed by atoms with van der Waals surface area (Å²) in [4.78, 5) is 0. The third kappa shape index (κ3) is 3.72. The van der Waals surface area contributed by atoms with E-state index < -0.39 is 0 Å². The number of hydrogen-bond donors (Lipinski definition) is 0. The van der Waals surface area contributed by atoms with Crippen LogP contribution < -0.4 is 17.0 Å². The Hall–Kier alpha value is -1.34. The van der Waals surface area contributed by atoms with Gasteiger partial charge in [0.15, 0.2) is 0 Å². The molecular formula is C14H12Br-. The van der Waals surface area contributed by atoms with Gasteiger partial charge in [-0.1, -0.05) is 72.8 Å². The molecule has 0 fully saturated rings. The second kappa shape index (κ2) is 6.20. The summed E-state index contributed by atoms with van der Waals surface area (Å²) < 4.78 is 0. The Labute approximate surface area is 101 Å². The van der Waals surface area contributed by atoms with Crippen LogP contribution in [0.1, 0.15) is 11.1 Å². The van der Waals surface area contributed by atoms with E-state index in [0.29, 0.717) is 0 Å². The van der Waals surface area contributed by atoms with E-state index in [4.69, 9.17) is 0 Å². The molecule has 2 rings (SSSR count). The maximum Gasteiger partial charge on any atom is -0.0256 e. The highest BCUT2D eigenvalue weighted by Crippen LogP contribution is 2.06. The molecule has 2 aromatic rings. The predicted octanol–water partition coefficient (Wildman–Crippen LogP) is 0.861. The molecular weight excluding hydrogens is 248 g/mol. The van der Waals surface area contributed by atoms with Crippen LogP contribution in [0.2, 0.25) is 0 Å². The molecule has 76 valence electrons. The van der Waals surface area contributed by atoms with E-state index in [1.807, 2.05) is 36.4 Å². The van der Waals surface area contributed by atoms with Gasteiger partial charge in [0.05, 0.1) is 0 Å². The molecule has 15 heavy (non-hydrogen) atoms. The standard InChI is InChI=1S/C14H12.BrH/c1-3-7-13(8-4-1)11-12-14-9-5-2-6-10-14;/h1-12H;1H/p-1/b12-11-;. The van der Waals surface area contributed by atoms with Crippen molar-refractivity contribution in [2.75, 3.05) is 0 Å². The first kappa shape index (κ1) is 11.7. The molecule has 0 aliphatic carbocycles. The molecule has 0 spiro atoms. The van der Waals surface area contributed by atoms with Crippen molar-refractivity contribution >= 4 is 12.2 Å². The van der Waals surface area contributed by atoms with E-state index in [-0.39, 0.29) is 17.0 Å². The number of hydrogen-bond acceptors (Lipinski definition) is 0. The smallest absolute Gasteiger partial charge is 0.0256 e. The molecule has 0 amide bonds. The van der Waals surface area contributed by atoms with Crippen molar-refractivity contribution < 1.29 is 17.0 Å². The van der Waals surface area contributed by atoms with Gasteiger partial charge in [-0.05, 0) is 11.1 Å². The maximum absolute atomic E-state index is 2.12. The van der Waals surface area contributed by atoms with Crippen LogP contribution in [0.3, 0.4) is 0 Å². The average molecular weight is 260 g/mol. The number of rotatable bonds is 2. The predicted molar refractivity (Wildman–Crippen MR) is 61.8 cm³/mol. The van der Waals surface area contributed by atoms with E-state index >= 15 is 0 Å². The Morgan fingerprint density at radius 3 is 1.20 bits per heavy atom. The topological polar surface area (TPSA) is 0 Å². The van der Waals surface area contributed by atoms with Gasteiger partial charge in [0.25, 0.3) is 0 Å². The highest BCUT2D eigenvalue weighted by atomic mass is 79.9. The lowest BCUT2D eigenvalue weighted by molar-refractivity contribution is -0.00000267. The van der Waals surface area contributed by atoms with E-state index in [1.165, 1.54) is 11.1 Å².